The Labute approximate surface area is 236 Å². The van der Waals surface area contributed by atoms with Gasteiger partial charge in [0.2, 0.25) is 5.91 Å². The first-order chi connectivity index (χ1) is 18.6. The number of amides is 2. The van der Waals surface area contributed by atoms with E-state index in [-0.39, 0.29) is 23.4 Å². The van der Waals surface area contributed by atoms with Gasteiger partial charge in [0.1, 0.15) is 6.04 Å². The number of anilines is 1. The number of rotatable bonds is 10. The Balaban J connectivity index is 1.79. The van der Waals surface area contributed by atoms with Crippen molar-refractivity contribution in [3.8, 4) is 0 Å². The Morgan fingerprint density at radius 3 is 2.40 bits per heavy atom. The molecule has 8 nitrogen and oxygen atoms in total. The number of nitrogens with one attached hydrogen (secondary N) is 2. The van der Waals surface area contributed by atoms with Crippen LogP contribution in [0.4, 0.5) is 18.9 Å². The molecule has 1 heterocycles. The molecule has 12 heteroatoms. The first-order valence-corrected chi connectivity index (χ1v) is 15.6. The minimum Gasteiger partial charge on any atom is -0.340 e. The highest BCUT2D eigenvalue weighted by Gasteiger charge is 2.47. The minimum atomic E-state index is -5.74. The summed E-state index contributed by atoms with van der Waals surface area (Å²) in [5.41, 5.74) is -5.65. The monoisotopic (exact) mass is 588 g/mol. The molecule has 1 aliphatic carbocycles. The maximum Gasteiger partial charge on any atom is 0.516 e. The van der Waals surface area contributed by atoms with Gasteiger partial charge in [-0.2, -0.15) is 21.6 Å². The van der Waals surface area contributed by atoms with Crippen molar-refractivity contribution in [3.05, 3.63) is 29.3 Å². The minimum absolute atomic E-state index is 0.0659. The third kappa shape index (κ3) is 7.10. The van der Waals surface area contributed by atoms with Crippen LogP contribution in [0.2, 0.25) is 0 Å². The molecule has 0 unspecified atom stereocenters. The maximum atomic E-state index is 13.5. The summed E-state index contributed by atoms with van der Waals surface area (Å²) in [6.45, 7) is 10.7. The van der Waals surface area contributed by atoms with Crippen LogP contribution in [-0.2, 0) is 14.8 Å². The molecule has 1 aromatic rings. The van der Waals surface area contributed by atoms with Gasteiger partial charge < -0.3 is 15.1 Å². The maximum absolute atomic E-state index is 13.5. The fourth-order valence-corrected chi connectivity index (χ4v) is 6.49. The first kappa shape index (κ1) is 32.2. The van der Waals surface area contributed by atoms with Crippen molar-refractivity contribution in [2.45, 2.75) is 109 Å². The van der Waals surface area contributed by atoms with E-state index in [1.54, 1.807) is 0 Å². The molecule has 2 amide bonds. The van der Waals surface area contributed by atoms with E-state index in [2.05, 4.69) is 38.0 Å². The molecule has 2 N–H and O–H groups in total. The summed E-state index contributed by atoms with van der Waals surface area (Å²) in [4.78, 5) is 31.1. The Morgan fingerprint density at radius 1 is 1.15 bits per heavy atom. The number of halogens is 3. The van der Waals surface area contributed by atoms with Crippen LogP contribution in [-0.4, -0.2) is 73.3 Å². The number of carbonyl (C=O) groups is 2. The van der Waals surface area contributed by atoms with Gasteiger partial charge in [0.25, 0.3) is 5.91 Å². The number of benzene rings is 1. The van der Waals surface area contributed by atoms with Crippen LogP contribution >= 0.6 is 0 Å². The lowest BCUT2D eigenvalue weighted by Crippen LogP contribution is -2.51. The van der Waals surface area contributed by atoms with Crippen molar-refractivity contribution in [1.82, 2.24) is 15.1 Å². The zero-order valence-electron chi connectivity index (χ0n) is 24.2. The normalized spacial score (nSPS) is 24.3. The second-order valence-electron chi connectivity index (χ2n) is 11.7. The number of sulfonamides is 1. The average Bonchev–Trinajstić information content (AvgIpc) is 3.22. The third-order valence-electron chi connectivity index (χ3n) is 8.41. The average molecular weight is 589 g/mol. The van der Waals surface area contributed by atoms with E-state index in [0.29, 0.717) is 36.5 Å². The molecule has 3 rings (SSSR count). The van der Waals surface area contributed by atoms with E-state index in [9.17, 15) is 31.2 Å². The zero-order valence-corrected chi connectivity index (χ0v) is 25.0. The summed E-state index contributed by atoms with van der Waals surface area (Å²) in [6.07, 6.45) is 5.23. The summed E-state index contributed by atoms with van der Waals surface area (Å²) in [7, 11) is -3.60. The van der Waals surface area contributed by atoms with E-state index >= 15 is 0 Å². The van der Waals surface area contributed by atoms with Crippen molar-refractivity contribution in [2.24, 2.45) is 5.92 Å². The van der Waals surface area contributed by atoms with Gasteiger partial charge in [-0.25, -0.2) is 0 Å². The van der Waals surface area contributed by atoms with Crippen LogP contribution in [0.15, 0.2) is 18.2 Å². The first-order valence-electron chi connectivity index (χ1n) is 14.1. The topological polar surface area (TPSA) is 98.8 Å². The second-order valence-corrected chi connectivity index (χ2v) is 13.4. The molecular formula is C28H43F3N4O4S. The van der Waals surface area contributed by atoms with Gasteiger partial charge in [-0.1, -0.05) is 33.3 Å². The Kier molecular flexibility index (Phi) is 10.2. The van der Waals surface area contributed by atoms with Crippen molar-refractivity contribution in [3.63, 3.8) is 0 Å². The molecule has 40 heavy (non-hydrogen) atoms. The molecule has 1 aliphatic heterocycles. The second kappa shape index (κ2) is 12.7. The van der Waals surface area contributed by atoms with Crippen LogP contribution < -0.4 is 10.0 Å². The summed E-state index contributed by atoms with van der Waals surface area (Å²) in [6, 6.07) is 4.11. The molecule has 0 aromatic heterocycles. The molecule has 0 radical (unpaired) electrons. The van der Waals surface area contributed by atoms with Crippen LogP contribution in [0.25, 0.3) is 0 Å². The predicted molar refractivity (Wildman–Crippen MR) is 149 cm³/mol. The summed E-state index contributed by atoms with van der Waals surface area (Å²) >= 11 is 0. The van der Waals surface area contributed by atoms with Crippen LogP contribution in [0, 0.1) is 5.92 Å². The van der Waals surface area contributed by atoms with Crippen molar-refractivity contribution >= 4 is 27.5 Å². The van der Waals surface area contributed by atoms with Gasteiger partial charge in [0.15, 0.2) is 0 Å². The van der Waals surface area contributed by atoms with E-state index in [4.69, 9.17) is 0 Å². The van der Waals surface area contributed by atoms with Crippen LogP contribution in [0.1, 0.15) is 95.0 Å². The van der Waals surface area contributed by atoms with Crippen molar-refractivity contribution in [1.29, 1.82) is 0 Å². The highest BCUT2D eigenvalue weighted by atomic mass is 32.2. The number of carbonyl (C=O) groups excluding carboxylic acids is 2. The summed E-state index contributed by atoms with van der Waals surface area (Å²) in [5, 5.41) is 2.68. The van der Waals surface area contributed by atoms with Gasteiger partial charge in [-0.15, -0.1) is 0 Å². The molecule has 226 valence electrons. The number of nitrogens with zero attached hydrogens (tertiary/aromatic N) is 2. The standard InChI is InChI=1S/C28H43F3N4O4S/c1-7-8-20-15-21(34(6)18(4)5)10-12-25(20)35-14-13-24(27(35)37)32-26(36)22-16-19(17(2)3)9-11-23(22)33-40(38,39)28(29,30)31/h9,11,16-18,20-21,24-25,33H,7-8,10,12-15H2,1-6H3,(H,32,36)/t20-,21+,24-,25-/m0/s1. The molecule has 1 saturated heterocycles. The zero-order chi connectivity index (χ0) is 30.0. The van der Waals surface area contributed by atoms with Gasteiger partial charge >= 0.3 is 15.5 Å². The van der Waals surface area contributed by atoms with Gasteiger partial charge in [0, 0.05) is 24.7 Å². The number of alkyl halides is 3. The summed E-state index contributed by atoms with van der Waals surface area (Å²) < 4.78 is 64.2. The van der Waals surface area contributed by atoms with Crippen molar-refractivity contribution in [2.75, 3.05) is 18.3 Å². The largest absolute Gasteiger partial charge is 0.516 e. The molecule has 1 aromatic carbocycles. The lowest BCUT2D eigenvalue weighted by Gasteiger charge is -2.44. The molecule has 1 saturated carbocycles. The fraction of sp³-hybridized carbons (Fsp3) is 0.714. The smallest absolute Gasteiger partial charge is 0.340 e. The van der Waals surface area contributed by atoms with Gasteiger partial charge in [-0.3, -0.25) is 14.3 Å². The van der Waals surface area contributed by atoms with E-state index in [1.807, 2.05) is 18.7 Å². The molecule has 0 bridgehead atoms. The Bertz CT molecular complexity index is 1170. The quantitative estimate of drug-likeness (QED) is 0.397. The highest BCUT2D eigenvalue weighted by molar-refractivity contribution is 7.93. The molecule has 2 fully saturated rings. The number of likely N-dealkylation sites (tertiary alicyclic amines) is 1. The van der Waals surface area contributed by atoms with E-state index < -0.39 is 33.2 Å². The Morgan fingerprint density at radius 2 is 1.82 bits per heavy atom. The highest BCUT2D eigenvalue weighted by Crippen LogP contribution is 2.36. The van der Waals surface area contributed by atoms with Crippen molar-refractivity contribution < 1.29 is 31.2 Å². The Hall–Kier alpha value is -2.34. The fourth-order valence-electron chi connectivity index (χ4n) is 5.91. The third-order valence-corrected chi connectivity index (χ3v) is 9.51. The number of hydrogen-bond acceptors (Lipinski definition) is 5. The number of hydrogen-bond donors (Lipinski definition) is 2. The van der Waals surface area contributed by atoms with Crippen LogP contribution in [0.5, 0.6) is 0 Å². The SMILES string of the molecule is CCC[C@H]1C[C@H](N(C)C(C)C)CC[C@@H]1N1CC[C@H](NC(=O)c2cc(C(C)C)ccc2NS(=O)(=O)C(F)(F)F)C1=O. The molecular weight excluding hydrogens is 545 g/mol. The van der Waals surface area contributed by atoms with Gasteiger partial charge in [0.05, 0.1) is 11.3 Å². The van der Waals surface area contributed by atoms with Crippen LogP contribution in [0.3, 0.4) is 0 Å². The molecule has 0 spiro atoms. The molecule has 2 aliphatic rings. The van der Waals surface area contributed by atoms with E-state index in [0.717, 1.165) is 38.2 Å². The lowest BCUT2D eigenvalue weighted by atomic mass is 9.77. The van der Waals surface area contributed by atoms with E-state index in [1.165, 1.54) is 16.9 Å². The molecule has 4 atom stereocenters. The predicted octanol–water partition coefficient (Wildman–Crippen LogP) is 5.08. The lowest BCUT2D eigenvalue weighted by molar-refractivity contribution is -0.133. The van der Waals surface area contributed by atoms with Gasteiger partial charge in [-0.05, 0) is 82.5 Å². The summed E-state index contributed by atoms with van der Waals surface area (Å²) in [5.74, 6) is -0.722.